The van der Waals surface area contributed by atoms with Crippen LogP contribution in [-0.2, 0) is 117 Å². The van der Waals surface area contributed by atoms with E-state index in [1.807, 2.05) is 30.5 Å². The quantitative estimate of drug-likeness (QED) is 0.0378. The van der Waals surface area contributed by atoms with Crippen molar-refractivity contribution in [1.82, 2.24) is 87.2 Å². The first-order valence-electron chi connectivity index (χ1n) is 48.9. The van der Waals surface area contributed by atoms with E-state index >= 15 is 52.7 Å². The van der Waals surface area contributed by atoms with E-state index in [2.05, 4.69) is 58.2 Å². The SMILES string of the molecule is CCCC[C@H]1C(=O)N(C)[C@@H](CCCC)C(=O)N[C@@H](CCC(=O)O)C(=O)N[C@H](C(N)=O)CSCC(=O)N[C@@H](Cc2ccc(F)cc2)C(=O)N2CCCC[C@H]2C(=O)N[C@@H](CC(=O)O)C(=O)N2CCC[C@H]2C(=O)N[C@@H](CCC(=O)C(C)(C)C)C(=O)N[C@@H](CC(C)C)C(=O)N2C[C@H](O)C[C@H]2C(=O)N[C@@H](Cc2c[nH]c3ccccc23)C(=O)N[C@@H](CCNC(=O)C(C)(C)C)C(=O)N[C@@H](Cc2cn(C)c3ccccc23)C(=O)N1C. The number of aromatic nitrogens is 2. The van der Waals surface area contributed by atoms with E-state index in [9.17, 15) is 58.1 Å². The Morgan fingerprint density at radius 1 is 0.514 bits per heavy atom. The minimum atomic E-state index is -1.91. The minimum Gasteiger partial charge on any atom is -0.481 e. The molecular formula is C100H141FN18O22S. The average molecular weight is 2000 g/mol. The van der Waals surface area contributed by atoms with Crippen molar-refractivity contribution in [3.05, 3.63) is 108 Å². The Morgan fingerprint density at radius 2 is 1.03 bits per heavy atom. The molecule has 42 heteroatoms. The number of nitrogens with two attached hydrogens (primary N) is 1. The summed E-state index contributed by atoms with van der Waals surface area (Å²) in [6, 6.07) is -3.20. The lowest BCUT2D eigenvalue weighted by atomic mass is 9.87. The number of rotatable bonds is 26. The number of carbonyl (C=O) groups is 19. The Balaban J connectivity index is 1.14. The number of aliphatic hydroxyl groups is 1. The van der Waals surface area contributed by atoms with Crippen molar-refractivity contribution in [3.8, 4) is 0 Å². The molecule has 0 radical (unpaired) electrons. The van der Waals surface area contributed by atoms with Gasteiger partial charge in [-0.3, -0.25) is 91.1 Å². The van der Waals surface area contributed by atoms with Gasteiger partial charge < -0.3 is 108 Å². The van der Waals surface area contributed by atoms with E-state index in [4.69, 9.17) is 5.73 Å². The van der Waals surface area contributed by atoms with Crippen LogP contribution in [0.3, 0.4) is 0 Å². The number of unbranched alkanes of at least 4 members (excludes halogenated alkanes) is 2. The number of nitrogens with one attached hydrogen (secondary N) is 11. The molecule has 4 fully saturated rings. The lowest BCUT2D eigenvalue weighted by molar-refractivity contribution is -0.149. The molecule has 15 atom stereocenters. The molecular weight excluding hydrogens is 1860 g/mol. The number of H-pyrrole nitrogens is 1. The third-order valence-corrected chi connectivity index (χ3v) is 27.4. The highest BCUT2D eigenvalue weighted by atomic mass is 32.2. The Hall–Kier alpha value is -12.9. The summed E-state index contributed by atoms with van der Waals surface area (Å²) in [6.45, 7) is 15.9. The number of carboxylic acid groups (broad SMARTS) is 2. The third-order valence-electron chi connectivity index (χ3n) is 26.3. The van der Waals surface area contributed by atoms with Crippen LogP contribution in [0.4, 0.5) is 4.39 Å². The number of benzene rings is 3. The highest BCUT2D eigenvalue weighted by Crippen LogP contribution is 2.31. The summed E-state index contributed by atoms with van der Waals surface area (Å²) in [6.07, 6.45) is -0.879. The van der Waals surface area contributed by atoms with Crippen LogP contribution in [-0.4, -0.2) is 304 Å². The van der Waals surface area contributed by atoms with E-state index < -0.39 is 263 Å². The van der Waals surface area contributed by atoms with Crippen molar-refractivity contribution >= 4 is 146 Å². The Morgan fingerprint density at radius 3 is 1.65 bits per heavy atom. The molecule has 4 aliphatic heterocycles. The highest BCUT2D eigenvalue weighted by Gasteiger charge is 2.48. The van der Waals surface area contributed by atoms with Gasteiger partial charge >= 0.3 is 11.9 Å². The second kappa shape index (κ2) is 51.7. The van der Waals surface area contributed by atoms with Crippen LogP contribution in [0.15, 0.2) is 85.2 Å². The van der Waals surface area contributed by atoms with E-state index in [0.29, 0.717) is 65.1 Å². The molecule has 0 bridgehead atoms. The summed E-state index contributed by atoms with van der Waals surface area (Å²) in [7, 11) is 4.44. The molecule has 40 nitrogen and oxygen atoms in total. The molecule has 5 aromatic rings. The van der Waals surface area contributed by atoms with Crippen LogP contribution in [0.25, 0.3) is 21.8 Å². The van der Waals surface area contributed by atoms with Crippen molar-refractivity contribution in [2.24, 2.45) is 29.5 Å². The van der Waals surface area contributed by atoms with Gasteiger partial charge in [-0.1, -0.05) is 143 Å². The Kier molecular flexibility index (Phi) is 41.0. The molecule has 0 spiro atoms. The molecule has 16 N–H and O–H groups in total. The van der Waals surface area contributed by atoms with Crippen LogP contribution in [0.2, 0.25) is 0 Å². The number of amides is 16. The number of Topliss-reactive ketones (excluding diaryl/α,β-unsaturated/α-hetero) is 1. The first kappa shape index (κ1) is 113. The molecule has 0 saturated carbocycles. The number of aryl methyl sites for hydroxylation is 1. The van der Waals surface area contributed by atoms with Crippen molar-refractivity contribution in [1.29, 1.82) is 0 Å². The Labute approximate surface area is 829 Å². The van der Waals surface area contributed by atoms with E-state index in [-0.39, 0.29) is 109 Å². The van der Waals surface area contributed by atoms with Crippen molar-refractivity contribution in [2.75, 3.05) is 51.8 Å². The van der Waals surface area contributed by atoms with Gasteiger partial charge in [0.05, 0.1) is 18.3 Å². The standard InChI is InChI=1S/C100H141FN18O22S/c1-14-16-28-75-89(132)107-66(38-40-82(123)124)86(129)113-73(84(102)127)54-142-55-81(122)105-70(46-57-33-35-60(101)36-34-57)94(137)117-43-23-22-31-76(117)91(134)112-72(50-83(125)126)95(138)118-44-24-32-77(118)90(133)108-65(37-39-80(121)99(5,6)7)85(128)110-69(45-56(3)4)96(139)119-53-61(120)49-79(119)92(135)109-68(47-58-51-104-64-27-20-18-25-62(58)64)88(131)106-67(41-42-103-98(141)100(8,9)10)87(130)111-71(48-59-52-114(11)74-30-21-19-26-63(59)74)93(136)116(13)78(29-17-15-2)97(140)115(75)12/h18-21,25-27,30,33-36,51-52,56,61,65-73,75-79,104,120H,14-17,22-24,28-29,31-32,37-50,53-55H2,1-13H3,(H2,102,127)(H,103,141)(H,105,122)(H,106,131)(H,107,132)(H,108,133)(H,109,135)(H,110,128)(H,111,130)(H,112,134)(H,113,129)(H,123,124)(H,125,126)/t61-,65+,66+,67+,68+,69+,70+,71+,72+,73+,75+,76+,77+,78+,79+/m1/s1. The number of aliphatic hydroxyl groups excluding tert-OH is 1. The summed E-state index contributed by atoms with van der Waals surface area (Å²) in [5, 5.41) is 60.4. The number of hydrogen-bond acceptors (Lipinski definition) is 21. The number of halogens is 1. The summed E-state index contributed by atoms with van der Waals surface area (Å²) in [4.78, 5) is 289. The van der Waals surface area contributed by atoms with Crippen molar-refractivity contribution < 1.29 is 111 Å². The molecule has 4 saturated heterocycles. The van der Waals surface area contributed by atoms with Gasteiger partial charge in [-0.25, -0.2) is 4.39 Å². The number of thioether (sulfide) groups is 1. The predicted octanol–water partition coefficient (Wildman–Crippen LogP) is 3.12. The molecule has 2 aromatic heterocycles. The first-order valence-corrected chi connectivity index (χ1v) is 50.0. The van der Waals surface area contributed by atoms with Crippen LogP contribution in [0.1, 0.15) is 208 Å². The molecule has 0 aliphatic carbocycles. The molecule has 0 unspecified atom stereocenters. The second-order valence-electron chi connectivity index (χ2n) is 39.9. The van der Waals surface area contributed by atoms with Gasteiger partial charge in [0, 0.05) is 137 Å². The zero-order valence-corrected chi connectivity index (χ0v) is 84.1. The maximum absolute atomic E-state index is 16.1. The average Bonchev–Trinajstić information content (AvgIpc) is 1.61. The molecule has 4 aliphatic rings. The van der Waals surface area contributed by atoms with E-state index in [1.54, 1.807) is 111 Å². The van der Waals surface area contributed by atoms with Crippen LogP contribution in [0, 0.1) is 22.6 Å². The number of carboxylic acids is 2. The fourth-order valence-electron chi connectivity index (χ4n) is 18.3. The largest absolute Gasteiger partial charge is 0.481 e. The van der Waals surface area contributed by atoms with Gasteiger partial charge in [0.2, 0.25) is 94.5 Å². The number of primary amides is 1. The number of aliphatic carboxylic acids is 2. The van der Waals surface area contributed by atoms with Gasteiger partial charge in [0.25, 0.3) is 0 Å². The van der Waals surface area contributed by atoms with Gasteiger partial charge in [-0.2, -0.15) is 0 Å². The van der Waals surface area contributed by atoms with Crippen LogP contribution >= 0.6 is 11.8 Å². The zero-order valence-electron chi connectivity index (χ0n) is 83.3. The number of nitrogens with zero attached hydrogens (tertiary/aromatic N) is 6. The summed E-state index contributed by atoms with van der Waals surface area (Å²) in [5.41, 5.74) is 6.62. The molecule has 9 rings (SSSR count). The highest BCUT2D eigenvalue weighted by molar-refractivity contribution is 8.00. The number of hydrogen-bond donors (Lipinski definition) is 15. The van der Waals surface area contributed by atoms with Crippen molar-refractivity contribution in [3.63, 3.8) is 0 Å². The predicted molar refractivity (Wildman–Crippen MR) is 524 cm³/mol. The lowest BCUT2D eigenvalue weighted by Crippen LogP contribution is -2.61. The molecule has 3 aromatic carbocycles. The summed E-state index contributed by atoms with van der Waals surface area (Å²) in [5.74, 6) is -20.3. The monoisotopic (exact) mass is 2000 g/mol. The van der Waals surface area contributed by atoms with Gasteiger partial charge in [0.15, 0.2) is 0 Å². The fraction of sp³-hybridized carbons (Fsp3) is 0.590. The number of fused-ring (bicyclic) bond motifs is 5. The number of piperidine rings is 1. The zero-order chi connectivity index (χ0) is 104. The molecule has 16 amide bonds. The maximum Gasteiger partial charge on any atom is 0.305 e. The Bertz CT molecular complexity index is 5400. The first-order chi connectivity index (χ1) is 67.1. The van der Waals surface area contributed by atoms with E-state index in [1.165, 1.54) is 26.2 Å². The number of carbonyl (C=O) groups excluding carboxylic acids is 17. The van der Waals surface area contributed by atoms with Crippen LogP contribution < -0.4 is 58.9 Å². The number of para-hydroxylation sites is 2. The fourth-order valence-corrected chi connectivity index (χ4v) is 19.2. The number of likely N-dealkylation sites (N-methyl/N-ethyl adjacent to an activating group) is 2. The lowest BCUT2D eigenvalue weighted by Gasteiger charge is -2.38. The molecule has 6 heterocycles. The smallest absolute Gasteiger partial charge is 0.305 e. The van der Waals surface area contributed by atoms with Gasteiger partial charge in [-0.05, 0) is 118 Å². The summed E-state index contributed by atoms with van der Waals surface area (Å²) >= 11 is 0.740. The maximum atomic E-state index is 16.1. The molecule has 142 heavy (non-hydrogen) atoms. The number of ketones is 1. The van der Waals surface area contributed by atoms with Crippen molar-refractivity contribution in [2.45, 2.75) is 301 Å². The third kappa shape index (κ3) is 31.1. The minimum absolute atomic E-state index is 0.0338. The van der Waals surface area contributed by atoms with Gasteiger partial charge in [-0.15, -0.1) is 11.8 Å². The van der Waals surface area contributed by atoms with E-state index in [0.717, 1.165) is 53.9 Å². The topological polar surface area (TPSA) is 568 Å². The summed E-state index contributed by atoms with van der Waals surface area (Å²) < 4.78 is 16.3. The van der Waals surface area contributed by atoms with Crippen LogP contribution in [0.5, 0.6) is 0 Å². The second-order valence-corrected chi connectivity index (χ2v) is 40.9. The van der Waals surface area contributed by atoms with Gasteiger partial charge in [0.1, 0.15) is 96.2 Å². The number of aromatic amines is 1. The molecule has 776 valence electrons. The normalized spacial score (nSPS) is 24.9.